The summed E-state index contributed by atoms with van der Waals surface area (Å²) in [6, 6.07) is 5.09. The molecule has 1 aromatic rings. The summed E-state index contributed by atoms with van der Waals surface area (Å²) in [5.41, 5.74) is 0.842. The van der Waals surface area contributed by atoms with Crippen molar-refractivity contribution in [3.05, 3.63) is 11.4 Å². The van der Waals surface area contributed by atoms with Gasteiger partial charge in [0.1, 0.15) is 12.1 Å². The Hall–Kier alpha value is -2.34. The van der Waals surface area contributed by atoms with Gasteiger partial charge in [-0.3, -0.25) is 0 Å². The average molecular weight is 1280 g/mol. The highest BCUT2D eigenvalue weighted by molar-refractivity contribution is 5.60. The van der Waals surface area contributed by atoms with E-state index in [2.05, 4.69) is 49.6 Å². The molecule has 92 heavy (non-hydrogen) atoms. The van der Waals surface area contributed by atoms with Gasteiger partial charge in [0, 0.05) is 26.2 Å². The van der Waals surface area contributed by atoms with E-state index in [1.165, 1.54) is 437 Å². The van der Waals surface area contributed by atoms with Gasteiger partial charge >= 0.3 is 0 Å². The lowest BCUT2D eigenvalue weighted by atomic mass is 10.0. The molecule has 0 aliphatic rings. The van der Waals surface area contributed by atoms with Crippen LogP contribution in [0.4, 0.5) is 11.6 Å². The Balaban J connectivity index is 2.87. The van der Waals surface area contributed by atoms with Gasteiger partial charge < -0.3 is 9.80 Å². The summed E-state index contributed by atoms with van der Waals surface area (Å²) in [6.07, 6.45) is 98.8. The Kier molecular flexibility index (Phi) is 70.9. The topological polar surface area (TPSA) is 79.8 Å². The molecule has 1 heterocycles. The van der Waals surface area contributed by atoms with E-state index in [4.69, 9.17) is 9.97 Å². The minimum absolute atomic E-state index is 0.421. The van der Waals surface area contributed by atoms with Crippen LogP contribution in [-0.4, -0.2) is 36.1 Å². The first-order valence-electron chi connectivity index (χ1n) is 42.9. The van der Waals surface area contributed by atoms with Gasteiger partial charge in [0.2, 0.25) is 0 Å². The zero-order valence-electron chi connectivity index (χ0n) is 63.4. The van der Waals surface area contributed by atoms with Crippen molar-refractivity contribution in [2.24, 2.45) is 0 Å². The molecule has 0 aliphatic carbocycles. The Bertz CT molecular complexity index is 1480. The van der Waals surface area contributed by atoms with E-state index < -0.39 is 0 Å². The summed E-state index contributed by atoms with van der Waals surface area (Å²) in [4.78, 5) is 15.1. The van der Waals surface area contributed by atoms with Crippen LogP contribution in [-0.2, 0) is 0 Å². The molecule has 538 valence electrons. The molecule has 0 atom stereocenters. The second-order valence-electron chi connectivity index (χ2n) is 29.8. The normalized spacial score (nSPS) is 11.5. The van der Waals surface area contributed by atoms with Crippen LogP contribution >= 0.6 is 0 Å². The predicted octanol–water partition coefficient (Wildman–Crippen LogP) is 30.0. The van der Waals surface area contributed by atoms with Crippen LogP contribution in [0.3, 0.4) is 0 Å². The van der Waals surface area contributed by atoms with E-state index in [0.29, 0.717) is 23.0 Å². The van der Waals surface area contributed by atoms with Crippen molar-refractivity contribution in [3.63, 3.8) is 0 Å². The van der Waals surface area contributed by atoms with Crippen molar-refractivity contribution in [1.82, 2.24) is 9.97 Å². The van der Waals surface area contributed by atoms with E-state index in [9.17, 15) is 10.5 Å². The van der Waals surface area contributed by atoms with E-state index in [-0.39, 0.29) is 0 Å². The Morgan fingerprint density at radius 1 is 0.185 bits per heavy atom. The van der Waals surface area contributed by atoms with Crippen LogP contribution in [0.2, 0.25) is 0 Å². The van der Waals surface area contributed by atoms with Crippen molar-refractivity contribution in [2.45, 2.75) is 490 Å². The quantitative estimate of drug-likeness (QED) is 0.0605. The Labute approximate surface area is 578 Å². The van der Waals surface area contributed by atoms with E-state index >= 15 is 0 Å². The maximum absolute atomic E-state index is 10.9. The van der Waals surface area contributed by atoms with E-state index in [0.717, 1.165) is 51.9 Å². The maximum Gasteiger partial charge on any atom is 0.185 e. The largest absolute Gasteiger partial charge is 0.354 e. The summed E-state index contributed by atoms with van der Waals surface area (Å²) < 4.78 is 0. The van der Waals surface area contributed by atoms with Crippen LogP contribution in [0.5, 0.6) is 0 Å². The zero-order valence-corrected chi connectivity index (χ0v) is 63.4. The number of nitriles is 2. The minimum atomic E-state index is 0.421. The lowest BCUT2D eigenvalue weighted by Gasteiger charge is -2.28. The van der Waals surface area contributed by atoms with E-state index in [1.807, 2.05) is 0 Å². The lowest BCUT2D eigenvalue weighted by Crippen LogP contribution is -2.31. The highest BCUT2D eigenvalue weighted by Crippen LogP contribution is 2.28. The average Bonchev–Trinajstić information content (AvgIpc) is 0.907. The molecule has 0 unspecified atom stereocenters. The molecule has 0 amide bonds. The fourth-order valence-electron chi connectivity index (χ4n) is 14.5. The van der Waals surface area contributed by atoms with Gasteiger partial charge in [-0.2, -0.15) is 10.5 Å². The fourth-order valence-corrected chi connectivity index (χ4v) is 14.5. The third-order valence-corrected chi connectivity index (χ3v) is 20.8. The van der Waals surface area contributed by atoms with Gasteiger partial charge in [-0.1, -0.05) is 464 Å². The van der Waals surface area contributed by atoms with Crippen LogP contribution in [0, 0.1) is 22.7 Å². The summed E-state index contributed by atoms with van der Waals surface area (Å²) in [7, 11) is 0. The molecule has 6 heteroatoms. The lowest BCUT2D eigenvalue weighted by molar-refractivity contribution is 0.520. The molecule has 0 saturated heterocycles. The van der Waals surface area contributed by atoms with Crippen LogP contribution in [0.15, 0.2) is 0 Å². The van der Waals surface area contributed by atoms with Crippen LogP contribution in [0.25, 0.3) is 0 Å². The third kappa shape index (κ3) is 59.0. The summed E-state index contributed by atoms with van der Waals surface area (Å²) >= 11 is 0. The highest BCUT2D eigenvalue weighted by Gasteiger charge is 2.22. The Morgan fingerprint density at radius 3 is 0.402 bits per heavy atom. The second-order valence-corrected chi connectivity index (χ2v) is 29.8. The first-order valence-corrected chi connectivity index (χ1v) is 42.9. The number of hydrogen-bond donors (Lipinski definition) is 0. The van der Waals surface area contributed by atoms with Gasteiger partial charge in [-0.05, 0) is 25.7 Å². The first kappa shape index (κ1) is 87.7. The van der Waals surface area contributed by atoms with Gasteiger partial charge in [0.05, 0.1) is 0 Å². The van der Waals surface area contributed by atoms with Crippen molar-refractivity contribution in [1.29, 1.82) is 10.5 Å². The zero-order chi connectivity index (χ0) is 66.0. The van der Waals surface area contributed by atoms with Crippen molar-refractivity contribution in [2.75, 3.05) is 36.0 Å². The molecule has 0 saturated carbocycles. The molecule has 0 radical (unpaired) electrons. The fraction of sp³-hybridized carbons (Fsp3) is 0.930. The highest BCUT2D eigenvalue weighted by atomic mass is 15.2. The smallest absolute Gasteiger partial charge is 0.185 e. The van der Waals surface area contributed by atoms with Crippen molar-refractivity contribution < 1.29 is 0 Å². The summed E-state index contributed by atoms with van der Waals surface area (Å²) in [5.74, 6) is 1.32. The van der Waals surface area contributed by atoms with Crippen LogP contribution < -0.4 is 9.80 Å². The van der Waals surface area contributed by atoms with Gasteiger partial charge in [0.25, 0.3) is 0 Å². The van der Waals surface area contributed by atoms with Crippen molar-refractivity contribution in [3.8, 4) is 12.1 Å². The second kappa shape index (κ2) is 74.5. The number of rotatable bonds is 78. The monoisotopic (exact) mass is 1280 g/mol. The number of unbranched alkanes of at least 4 members (excludes halogenated alkanes) is 68. The molecular formula is C86H164N6. The predicted molar refractivity (Wildman–Crippen MR) is 411 cm³/mol. The van der Waals surface area contributed by atoms with Gasteiger partial charge in [-0.15, -0.1) is 0 Å². The van der Waals surface area contributed by atoms with E-state index in [1.54, 1.807) is 0 Å². The first-order chi connectivity index (χ1) is 45.7. The molecule has 0 spiro atoms. The number of anilines is 2. The molecule has 0 bridgehead atoms. The third-order valence-electron chi connectivity index (χ3n) is 20.8. The number of nitrogens with zero attached hydrogens (tertiary/aromatic N) is 6. The molecule has 0 aliphatic heterocycles. The summed E-state index contributed by atoms with van der Waals surface area (Å²) in [5, 5.41) is 21.8. The van der Waals surface area contributed by atoms with Crippen molar-refractivity contribution >= 4 is 11.6 Å². The molecule has 0 aromatic carbocycles. The van der Waals surface area contributed by atoms with Gasteiger partial charge in [-0.25, -0.2) is 9.97 Å². The molecule has 1 rings (SSSR count). The molecule has 0 N–H and O–H groups in total. The molecule has 6 nitrogen and oxygen atoms in total. The number of aromatic nitrogens is 2. The number of hydrogen-bond acceptors (Lipinski definition) is 6. The van der Waals surface area contributed by atoms with Gasteiger partial charge in [0.15, 0.2) is 23.0 Å². The molecule has 0 fully saturated rings. The minimum Gasteiger partial charge on any atom is -0.354 e. The standard InChI is InChI=1S/C86H164N6/c1-5-9-13-17-21-25-29-33-37-41-45-49-53-57-61-65-69-73-77-91(78-74-70-66-62-58-54-50-46-42-38-34-30-26-22-18-14-10-6-2)85-83(81-87)90-86(84(82-88)89-85)92(79-75-71-67-63-59-55-51-47-43-39-35-31-27-23-19-15-11-7-3)80-76-72-68-64-60-56-52-48-44-40-36-32-28-24-20-16-12-8-4/h5-80H2,1-4H3. The molecule has 1 aromatic heterocycles. The molecular weight excluding hydrogens is 1120 g/mol. The summed E-state index contributed by atoms with van der Waals surface area (Å²) in [6.45, 7) is 12.8. The SMILES string of the molecule is CCCCCCCCCCCCCCCCCCCCN(CCCCCCCCCCCCCCCCCCCC)c1nc(C#N)c(N(CCCCCCCCCCCCCCCCCCCC)CCCCCCCCCCCCCCCCCCCC)nc1C#N. The Morgan fingerprint density at radius 2 is 0.293 bits per heavy atom. The van der Waals surface area contributed by atoms with Crippen LogP contribution in [0.1, 0.15) is 501 Å². The maximum atomic E-state index is 10.9.